The van der Waals surface area contributed by atoms with Gasteiger partial charge in [-0.25, -0.2) is 0 Å². The summed E-state index contributed by atoms with van der Waals surface area (Å²) in [6, 6.07) is 5.31. The van der Waals surface area contributed by atoms with E-state index >= 15 is 0 Å². The smallest absolute Gasteiger partial charge is 0.253 e. The van der Waals surface area contributed by atoms with E-state index in [0.717, 1.165) is 5.56 Å². The molecule has 4 nitrogen and oxygen atoms in total. The number of aliphatic hydroxyl groups is 1. The van der Waals surface area contributed by atoms with Gasteiger partial charge in [-0.3, -0.25) is 4.79 Å². The van der Waals surface area contributed by atoms with Crippen molar-refractivity contribution in [2.45, 2.75) is 25.3 Å². The Kier molecular flexibility index (Phi) is 4.45. The van der Waals surface area contributed by atoms with Crippen molar-refractivity contribution in [1.82, 2.24) is 5.32 Å². The second-order valence-corrected chi connectivity index (χ2v) is 5.40. The van der Waals surface area contributed by atoms with E-state index in [0.29, 0.717) is 36.6 Å². The Bertz CT molecular complexity index is 470. The van der Waals surface area contributed by atoms with E-state index in [-0.39, 0.29) is 12.5 Å². The van der Waals surface area contributed by atoms with E-state index in [4.69, 9.17) is 16.3 Å². The van der Waals surface area contributed by atoms with E-state index in [1.54, 1.807) is 12.1 Å². The number of aryl methyl sites for hydroxylation is 1. The van der Waals surface area contributed by atoms with Crippen LogP contribution in [0.25, 0.3) is 0 Å². The van der Waals surface area contributed by atoms with Gasteiger partial charge >= 0.3 is 0 Å². The molecule has 104 valence electrons. The Balaban J connectivity index is 2.15. The summed E-state index contributed by atoms with van der Waals surface area (Å²) < 4.78 is 5.26. The number of nitrogens with one attached hydrogen (secondary N) is 1. The lowest BCUT2D eigenvalue weighted by atomic mass is 9.90. The van der Waals surface area contributed by atoms with E-state index in [2.05, 4.69) is 5.32 Å². The Labute approximate surface area is 117 Å². The zero-order chi connectivity index (χ0) is 13.9. The highest BCUT2D eigenvalue weighted by atomic mass is 35.5. The van der Waals surface area contributed by atoms with Gasteiger partial charge in [0.15, 0.2) is 0 Å². The van der Waals surface area contributed by atoms with Gasteiger partial charge in [0.2, 0.25) is 0 Å². The molecule has 19 heavy (non-hydrogen) atoms. The minimum atomic E-state index is -0.594. The second kappa shape index (κ2) is 5.90. The molecule has 0 radical (unpaired) electrons. The van der Waals surface area contributed by atoms with Gasteiger partial charge in [-0.1, -0.05) is 17.7 Å². The lowest BCUT2D eigenvalue weighted by molar-refractivity contribution is 0.0125. The van der Waals surface area contributed by atoms with Gasteiger partial charge in [0.25, 0.3) is 5.91 Å². The van der Waals surface area contributed by atoms with Crippen molar-refractivity contribution in [1.29, 1.82) is 0 Å². The Morgan fingerprint density at radius 1 is 1.47 bits per heavy atom. The predicted molar refractivity (Wildman–Crippen MR) is 73.5 cm³/mol. The maximum absolute atomic E-state index is 12.3. The quantitative estimate of drug-likeness (QED) is 0.891. The summed E-state index contributed by atoms with van der Waals surface area (Å²) in [4.78, 5) is 12.3. The molecule has 1 aromatic rings. The van der Waals surface area contributed by atoms with Crippen molar-refractivity contribution in [3.8, 4) is 0 Å². The molecule has 0 unspecified atom stereocenters. The van der Waals surface area contributed by atoms with Crippen LogP contribution in [0.4, 0.5) is 0 Å². The van der Waals surface area contributed by atoms with Crippen LogP contribution in [-0.4, -0.2) is 36.4 Å². The number of carbonyl (C=O) groups is 1. The largest absolute Gasteiger partial charge is 0.394 e. The Hall–Kier alpha value is -1.10. The molecule has 1 amide bonds. The van der Waals surface area contributed by atoms with Crippen molar-refractivity contribution in [2.75, 3.05) is 19.8 Å². The highest BCUT2D eigenvalue weighted by Gasteiger charge is 2.34. The van der Waals surface area contributed by atoms with Gasteiger partial charge in [-0.15, -0.1) is 0 Å². The fourth-order valence-corrected chi connectivity index (χ4v) is 2.52. The van der Waals surface area contributed by atoms with Crippen molar-refractivity contribution < 1.29 is 14.6 Å². The van der Waals surface area contributed by atoms with Gasteiger partial charge in [-0.2, -0.15) is 0 Å². The summed E-state index contributed by atoms with van der Waals surface area (Å²) >= 11 is 6.08. The molecule has 0 atom stereocenters. The topological polar surface area (TPSA) is 58.6 Å². The number of halogens is 1. The van der Waals surface area contributed by atoms with E-state index in [1.807, 2.05) is 13.0 Å². The maximum Gasteiger partial charge on any atom is 0.253 e. The first kappa shape index (κ1) is 14.3. The summed E-state index contributed by atoms with van der Waals surface area (Å²) in [6.45, 7) is 2.91. The standard InChI is InChI=1S/C14H18ClNO3/c1-10-2-3-11(12(15)8-10)13(18)16-14(9-17)4-6-19-7-5-14/h2-3,8,17H,4-7,9H2,1H3,(H,16,18). The van der Waals surface area contributed by atoms with Crippen LogP contribution in [0, 0.1) is 6.92 Å². The van der Waals surface area contributed by atoms with Crippen molar-refractivity contribution in [3.05, 3.63) is 34.3 Å². The van der Waals surface area contributed by atoms with Crippen LogP contribution in [0.2, 0.25) is 5.02 Å². The molecule has 0 bridgehead atoms. The average Bonchev–Trinajstić information content (AvgIpc) is 2.39. The third-order valence-corrected chi connectivity index (χ3v) is 3.81. The SMILES string of the molecule is Cc1ccc(C(=O)NC2(CO)CCOCC2)c(Cl)c1. The molecule has 5 heteroatoms. The normalized spacial score (nSPS) is 18.1. The fourth-order valence-electron chi connectivity index (χ4n) is 2.20. The highest BCUT2D eigenvalue weighted by Crippen LogP contribution is 2.23. The molecular weight excluding hydrogens is 266 g/mol. The van der Waals surface area contributed by atoms with Crippen LogP contribution in [-0.2, 0) is 4.74 Å². The van der Waals surface area contributed by atoms with Crippen LogP contribution in [0.1, 0.15) is 28.8 Å². The molecule has 2 N–H and O–H groups in total. The number of ether oxygens (including phenoxy) is 1. The molecule has 0 saturated carbocycles. The number of hydrogen-bond donors (Lipinski definition) is 2. The monoisotopic (exact) mass is 283 g/mol. The number of amides is 1. The first-order chi connectivity index (χ1) is 9.06. The minimum Gasteiger partial charge on any atom is -0.394 e. The number of hydrogen-bond acceptors (Lipinski definition) is 3. The molecule has 0 spiro atoms. The van der Waals surface area contributed by atoms with Crippen LogP contribution in [0.3, 0.4) is 0 Å². The van der Waals surface area contributed by atoms with Gasteiger partial charge in [0.05, 0.1) is 22.7 Å². The Morgan fingerprint density at radius 3 is 2.74 bits per heavy atom. The summed E-state index contributed by atoms with van der Waals surface area (Å²) in [7, 11) is 0. The molecule has 1 aliphatic rings. The van der Waals surface area contributed by atoms with Gasteiger partial charge in [0.1, 0.15) is 0 Å². The number of rotatable bonds is 3. The summed E-state index contributed by atoms with van der Waals surface area (Å²) in [5.41, 5.74) is 0.847. The zero-order valence-corrected chi connectivity index (χ0v) is 11.7. The first-order valence-electron chi connectivity index (χ1n) is 6.34. The van der Waals surface area contributed by atoms with Gasteiger partial charge in [-0.05, 0) is 37.5 Å². The number of benzene rings is 1. The molecule has 1 aromatic carbocycles. The minimum absolute atomic E-state index is 0.0917. The third kappa shape index (κ3) is 3.26. The first-order valence-corrected chi connectivity index (χ1v) is 6.71. The number of carbonyl (C=O) groups excluding carboxylic acids is 1. The van der Waals surface area contributed by atoms with E-state index in [9.17, 15) is 9.90 Å². The van der Waals surface area contributed by atoms with Crippen molar-refractivity contribution in [2.24, 2.45) is 0 Å². The summed E-state index contributed by atoms with van der Waals surface area (Å²) in [5.74, 6) is -0.249. The summed E-state index contributed by atoms with van der Waals surface area (Å²) in [5, 5.41) is 12.9. The van der Waals surface area contributed by atoms with Crippen LogP contribution >= 0.6 is 11.6 Å². The van der Waals surface area contributed by atoms with Crippen LogP contribution < -0.4 is 5.32 Å². The average molecular weight is 284 g/mol. The molecule has 2 rings (SSSR count). The van der Waals surface area contributed by atoms with Crippen LogP contribution in [0.5, 0.6) is 0 Å². The van der Waals surface area contributed by atoms with Crippen molar-refractivity contribution >= 4 is 17.5 Å². The molecule has 1 saturated heterocycles. The van der Waals surface area contributed by atoms with Gasteiger partial charge in [0, 0.05) is 13.2 Å². The van der Waals surface area contributed by atoms with Gasteiger partial charge < -0.3 is 15.2 Å². The Morgan fingerprint density at radius 2 is 2.16 bits per heavy atom. The maximum atomic E-state index is 12.3. The molecule has 0 aliphatic carbocycles. The lowest BCUT2D eigenvalue weighted by Crippen LogP contribution is -2.54. The van der Waals surface area contributed by atoms with E-state index in [1.165, 1.54) is 0 Å². The van der Waals surface area contributed by atoms with Crippen LogP contribution in [0.15, 0.2) is 18.2 Å². The second-order valence-electron chi connectivity index (χ2n) is 4.99. The molecule has 1 aliphatic heterocycles. The predicted octanol–water partition coefficient (Wildman–Crippen LogP) is 1.92. The molecule has 1 heterocycles. The highest BCUT2D eigenvalue weighted by molar-refractivity contribution is 6.33. The zero-order valence-electron chi connectivity index (χ0n) is 10.9. The summed E-state index contributed by atoms with van der Waals surface area (Å²) in [6.07, 6.45) is 1.22. The van der Waals surface area contributed by atoms with Crippen molar-refractivity contribution in [3.63, 3.8) is 0 Å². The lowest BCUT2D eigenvalue weighted by Gasteiger charge is -2.36. The third-order valence-electron chi connectivity index (χ3n) is 3.50. The van der Waals surface area contributed by atoms with E-state index < -0.39 is 5.54 Å². The fraction of sp³-hybridized carbons (Fsp3) is 0.500. The number of aliphatic hydroxyl groups excluding tert-OH is 1. The molecular formula is C14H18ClNO3. The molecule has 0 aromatic heterocycles. The molecule has 1 fully saturated rings.